The van der Waals surface area contributed by atoms with Gasteiger partial charge in [-0.2, -0.15) is 0 Å². The Labute approximate surface area is 102 Å². The van der Waals surface area contributed by atoms with Crippen LogP contribution in [0, 0.1) is 17.8 Å². The summed E-state index contributed by atoms with van der Waals surface area (Å²) in [5, 5.41) is 0. The summed E-state index contributed by atoms with van der Waals surface area (Å²) in [5.41, 5.74) is 0. The number of esters is 1. The first kappa shape index (κ1) is 12.2. The maximum absolute atomic E-state index is 11.8. The number of hydrogen-bond donors (Lipinski definition) is 0. The predicted octanol–water partition coefficient (Wildman–Crippen LogP) is 0.799. The summed E-state index contributed by atoms with van der Waals surface area (Å²) < 4.78 is 4.78. The zero-order chi connectivity index (χ0) is 12.6. The first-order chi connectivity index (χ1) is 8.02. The molecule has 3 atom stereocenters. The molecule has 96 valence electrons. The monoisotopic (exact) mass is 240 g/mol. The Balaban J connectivity index is 1.91. The fourth-order valence-corrected chi connectivity index (χ4v) is 3.10. The molecule has 2 rings (SSSR count). The molecule has 5 nitrogen and oxygen atoms in total. The first-order valence-corrected chi connectivity index (χ1v) is 6.07. The van der Waals surface area contributed by atoms with Crippen molar-refractivity contribution in [3.05, 3.63) is 0 Å². The van der Waals surface area contributed by atoms with Gasteiger partial charge < -0.3 is 14.5 Å². The Bertz CT molecular complexity index is 316. The van der Waals surface area contributed by atoms with E-state index in [1.54, 1.807) is 19.0 Å². The number of likely N-dealkylation sites (tertiary alicyclic amines) is 1. The molecule has 0 aromatic rings. The molecule has 0 aromatic carbocycles. The van der Waals surface area contributed by atoms with E-state index in [2.05, 4.69) is 0 Å². The van der Waals surface area contributed by atoms with Gasteiger partial charge in [-0.05, 0) is 24.7 Å². The first-order valence-electron chi connectivity index (χ1n) is 6.07. The highest BCUT2D eigenvalue weighted by Crippen LogP contribution is 2.42. The van der Waals surface area contributed by atoms with E-state index in [4.69, 9.17) is 4.74 Å². The molecule has 0 radical (unpaired) electrons. The third-order valence-electron chi connectivity index (χ3n) is 3.94. The fourth-order valence-electron chi connectivity index (χ4n) is 3.10. The molecule has 0 spiro atoms. The van der Waals surface area contributed by atoms with Crippen molar-refractivity contribution in [1.82, 2.24) is 9.80 Å². The van der Waals surface area contributed by atoms with Crippen LogP contribution < -0.4 is 0 Å². The SMILES string of the molecule is COC(=O)C1C[C@@H]2CN(C(=O)N(C)C)C[C@@H]2C1. The van der Waals surface area contributed by atoms with Gasteiger partial charge in [0.1, 0.15) is 0 Å². The second kappa shape index (κ2) is 4.55. The molecule has 0 aromatic heterocycles. The summed E-state index contributed by atoms with van der Waals surface area (Å²) in [4.78, 5) is 26.8. The maximum Gasteiger partial charge on any atom is 0.319 e. The Kier molecular flexibility index (Phi) is 3.26. The lowest BCUT2D eigenvalue weighted by Crippen LogP contribution is -2.38. The molecule has 0 bridgehead atoms. The van der Waals surface area contributed by atoms with Crippen molar-refractivity contribution in [3.63, 3.8) is 0 Å². The molecule has 1 aliphatic carbocycles. The summed E-state index contributed by atoms with van der Waals surface area (Å²) in [6.45, 7) is 1.57. The van der Waals surface area contributed by atoms with Crippen LogP contribution in [0.3, 0.4) is 0 Å². The number of hydrogen-bond acceptors (Lipinski definition) is 3. The highest BCUT2D eigenvalue weighted by atomic mass is 16.5. The van der Waals surface area contributed by atoms with Crippen molar-refractivity contribution in [1.29, 1.82) is 0 Å². The zero-order valence-corrected chi connectivity index (χ0v) is 10.7. The van der Waals surface area contributed by atoms with E-state index in [0.29, 0.717) is 11.8 Å². The number of rotatable bonds is 1. The lowest BCUT2D eigenvalue weighted by molar-refractivity contribution is -0.145. The summed E-state index contributed by atoms with van der Waals surface area (Å²) in [5.74, 6) is 0.905. The minimum Gasteiger partial charge on any atom is -0.469 e. The minimum absolute atomic E-state index is 0.0478. The molecule has 2 amide bonds. The smallest absolute Gasteiger partial charge is 0.319 e. The minimum atomic E-state index is -0.0927. The van der Waals surface area contributed by atoms with E-state index in [-0.39, 0.29) is 17.9 Å². The fraction of sp³-hybridized carbons (Fsp3) is 0.833. The number of urea groups is 1. The van der Waals surface area contributed by atoms with E-state index in [1.807, 2.05) is 4.90 Å². The molecule has 5 heteroatoms. The van der Waals surface area contributed by atoms with Gasteiger partial charge in [0.15, 0.2) is 0 Å². The van der Waals surface area contributed by atoms with Crippen LogP contribution >= 0.6 is 0 Å². The molecule has 1 saturated carbocycles. The average Bonchev–Trinajstić information content (AvgIpc) is 2.84. The predicted molar refractivity (Wildman–Crippen MR) is 62.4 cm³/mol. The van der Waals surface area contributed by atoms with Crippen LogP contribution in [0.15, 0.2) is 0 Å². The van der Waals surface area contributed by atoms with Crippen LogP contribution in [0.1, 0.15) is 12.8 Å². The van der Waals surface area contributed by atoms with Crippen LogP contribution in [0.2, 0.25) is 0 Å². The van der Waals surface area contributed by atoms with Gasteiger partial charge in [-0.1, -0.05) is 0 Å². The number of carbonyl (C=O) groups is 2. The normalized spacial score (nSPS) is 31.2. The van der Waals surface area contributed by atoms with E-state index in [1.165, 1.54) is 7.11 Å². The molecule has 1 unspecified atom stereocenters. The van der Waals surface area contributed by atoms with E-state index < -0.39 is 0 Å². The zero-order valence-electron chi connectivity index (χ0n) is 10.7. The Hall–Kier alpha value is -1.26. The van der Waals surface area contributed by atoms with E-state index in [0.717, 1.165) is 25.9 Å². The molecule has 2 aliphatic rings. The summed E-state index contributed by atoms with van der Waals surface area (Å²) in [6.07, 6.45) is 1.74. The number of ether oxygens (including phenoxy) is 1. The second-order valence-corrected chi connectivity index (χ2v) is 5.29. The van der Waals surface area contributed by atoms with Gasteiger partial charge in [0.25, 0.3) is 0 Å². The van der Waals surface area contributed by atoms with Crippen LogP contribution in [0.25, 0.3) is 0 Å². The van der Waals surface area contributed by atoms with Crippen molar-refractivity contribution in [2.45, 2.75) is 12.8 Å². The highest BCUT2D eigenvalue weighted by Gasteiger charge is 2.45. The molecular weight excluding hydrogens is 220 g/mol. The van der Waals surface area contributed by atoms with Gasteiger partial charge in [-0.3, -0.25) is 4.79 Å². The molecule has 2 fully saturated rings. The van der Waals surface area contributed by atoms with Gasteiger partial charge >= 0.3 is 12.0 Å². The molecule has 0 N–H and O–H groups in total. The summed E-state index contributed by atoms with van der Waals surface area (Å²) >= 11 is 0. The van der Waals surface area contributed by atoms with Gasteiger partial charge in [-0.25, -0.2) is 4.79 Å². The molecule has 1 aliphatic heterocycles. The summed E-state index contributed by atoms with van der Waals surface area (Å²) in [7, 11) is 4.99. The third kappa shape index (κ3) is 2.23. The van der Waals surface area contributed by atoms with Gasteiger partial charge in [0.05, 0.1) is 13.0 Å². The molecule has 1 heterocycles. The van der Waals surface area contributed by atoms with E-state index >= 15 is 0 Å². The molecule has 1 saturated heterocycles. The van der Waals surface area contributed by atoms with Gasteiger partial charge in [-0.15, -0.1) is 0 Å². The second-order valence-electron chi connectivity index (χ2n) is 5.29. The lowest BCUT2D eigenvalue weighted by atomic mass is 10.0. The molecule has 17 heavy (non-hydrogen) atoms. The largest absolute Gasteiger partial charge is 0.469 e. The third-order valence-corrected chi connectivity index (χ3v) is 3.94. The van der Waals surface area contributed by atoms with Crippen molar-refractivity contribution >= 4 is 12.0 Å². The van der Waals surface area contributed by atoms with Gasteiger partial charge in [0.2, 0.25) is 0 Å². The summed E-state index contributed by atoms with van der Waals surface area (Å²) in [6, 6.07) is 0.0778. The molecular formula is C12H20N2O3. The highest BCUT2D eigenvalue weighted by molar-refractivity contribution is 5.75. The number of carbonyl (C=O) groups excluding carboxylic acids is 2. The number of nitrogens with zero attached hydrogens (tertiary/aromatic N) is 2. The number of amides is 2. The van der Waals surface area contributed by atoms with Crippen molar-refractivity contribution < 1.29 is 14.3 Å². The maximum atomic E-state index is 11.8. The van der Waals surface area contributed by atoms with Crippen LogP contribution in [-0.2, 0) is 9.53 Å². The lowest BCUT2D eigenvalue weighted by Gasteiger charge is -2.22. The average molecular weight is 240 g/mol. The van der Waals surface area contributed by atoms with Crippen LogP contribution in [0.5, 0.6) is 0 Å². The Morgan fingerprint density at radius 1 is 1.18 bits per heavy atom. The Morgan fingerprint density at radius 3 is 2.12 bits per heavy atom. The van der Waals surface area contributed by atoms with E-state index in [9.17, 15) is 9.59 Å². The standard InChI is InChI=1S/C12H20N2O3/c1-13(2)12(16)14-6-9-4-8(11(15)17-3)5-10(9)7-14/h8-10H,4-7H2,1-3H3/t8?,9-,10+. The van der Waals surface area contributed by atoms with Crippen molar-refractivity contribution in [2.24, 2.45) is 17.8 Å². The quantitative estimate of drug-likeness (QED) is 0.637. The van der Waals surface area contributed by atoms with Crippen LogP contribution in [-0.4, -0.2) is 56.1 Å². The van der Waals surface area contributed by atoms with Crippen LogP contribution in [0.4, 0.5) is 4.79 Å². The van der Waals surface area contributed by atoms with Crippen molar-refractivity contribution in [3.8, 4) is 0 Å². The number of fused-ring (bicyclic) bond motifs is 1. The topological polar surface area (TPSA) is 49.9 Å². The van der Waals surface area contributed by atoms with Gasteiger partial charge in [0, 0.05) is 27.2 Å². The van der Waals surface area contributed by atoms with Crippen molar-refractivity contribution in [2.75, 3.05) is 34.3 Å². The number of methoxy groups -OCH3 is 1. The Morgan fingerprint density at radius 2 is 1.71 bits per heavy atom.